The van der Waals surface area contributed by atoms with Crippen LogP contribution in [0.4, 0.5) is 0 Å². The molecule has 2 N–H and O–H groups in total. The summed E-state index contributed by atoms with van der Waals surface area (Å²) >= 11 is 8.18. The third-order valence-corrected chi connectivity index (χ3v) is 3.57. The van der Waals surface area contributed by atoms with E-state index < -0.39 is 0 Å². The van der Waals surface area contributed by atoms with Crippen LogP contribution in [0.1, 0.15) is 5.82 Å². The van der Waals surface area contributed by atoms with Crippen molar-refractivity contribution >= 4 is 34.2 Å². The number of nitrogens with zero attached hydrogens (tertiary/aromatic N) is 2. The number of aromatic nitrogens is 2. The van der Waals surface area contributed by atoms with E-state index in [1.807, 2.05) is 18.2 Å². The van der Waals surface area contributed by atoms with Crippen LogP contribution < -0.4 is 5.73 Å². The van der Waals surface area contributed by atoms with E-state index in [1.54, 1.807) is 0 Å². The van der Waals surface area contributed by atoms with Gasteiger partial charge in [-0.25, -0.2) is 0 Å². The molecule has 0 aliphatic carbocycles. The van der Waals surface area contributed by atoms with E-state index in [1.165, 1.54) is 0 Å². The summed E-state index contributed by atoms with van der Waals surface area (Å²) in [7, 11) is 0. The van der Waals surface area contributed by atoms with Gasteiger partial charge in [0, 0.05) is 15.6 Å². The molecule has 0 spiro atoms. The SMILES string of the molecule is NCCc1noc(-c2ccc(I)c(Cl)c2)n1. The largest absolute Gasteiger partial charge is 0.334 e. The zero-order chi connectivity index (χ0) is 11.5. The molecule has 2 rings (SSSR count). The molecule has 0 saturated carbocycles. The molecule has 1 aromatic carbocycles. The molecular weight excluding hydrogens is 340 g/mol. The van der Waals surface area contributed by atoms with Crippen molar-refractivity contribution in [1.82, 2.24) is 10.1 Å². The van der Waals surface area contributed by atoms with Gasteiger partial charge in [-0.1, -0.05) is 16.8 Å². The molecule has 2 aromatic rings. The Hall–Kier alpha value is -0.660. The molecule has 0 aliphatic heterocycles. The van der Waals surface area contributed by atoms with Crippen LogP contribution in [-0.4, -0.2) is 16.7 Å². The molecule has 6 heteroatoms. The van der Waals surface area contributed by atoms with Crippen molar-refractivity contribution in [2.24, 2.45) is 5.73 Å². The zero-order valence-corrected chi connectivity index (χ0v) is 11.2. The number of hydrogen-bond donors (Lipinski definition) is 1. The van der Waals surface area contributed by atoms with Gasteiger partial charge < -0.3 is 10.3 Å². The Bertz CT molecular complexity index is 501. The number of nitrogens with two attached hydrogens (primary N) is 1. The van der Waals surface area contributed by atoms with Crippen LogP contribution >= 0.6 is 34.2 Å². The first-order valence-electron chi connectivity index (χ1n) is 4.69. The van der Waals surface area contributed by atoms with E-state index in [0.29, 0.717) is 29.7 Å². The van der Waals surface area contributed by atoms with Gasteiger partial charge >= 0.3 is 0 Å². The number of benzene rings is 1. The maximum Gasteiger partial charge on any atom is 0.257 e. The minimum Gasteiger partial charge on any atom is -0.334 e. The summed E-state index contributed by atoms with van der Waals surface area (Å²) < 4.78 is 6.11. The van der Waals surface area contributed by atoms with E-state index in [4.69, 9.17) is 21.9 Å². The molecular formula is C10H9ClIN3O. The van der Waals surface area contributed by atoms with Crippen LogP contribution in [0.25, 0.3) is 11.5 Å². The minimum atomic E-state index is 0.474. The van der Waals surface area contributed by atoms with E-state index >= 15 is 0 Å². The van der Waals surface area contributed by atoms with Crippen LogP contribution in [-0.2, 0) is 6.42 Å². The fourth-order valence-corrected chi connectivity index (χ4v) is 1.75. The zero-order valence-electron chi connectivity index (χ0n) is 8.28. The average Bonchev–Trinajstić information content (AvgIpc) is 2.71. The van der Waals surface area contributed by atoms with E-state index in [-0.39, 0.29) is 0 Å². The molecule has 0 radical (unpaired) electrons. The van der Waals surface area contributed by atoms with Gasteiger partial charge in [0.15, 0.2) is 5.82 Å². The topological polar surface area (TPSA) is 64.9 Å². The first-order chi connectivity index (χ1) is 7.70. The predicted molar refractivity (Wildman–Crippen MR) is 70.2 cm³/mol. The van der Waals surface area contributed by atoms with E-state index in [2.05, 4.69) is 32.7 Å². The normalized spacial score (nSPS) is 10.7. The second-order valence-corrected chi connectivity index (χ2v) is 4.75. The van der Waals surface area contributed by atoms with Gasteiger partial charge in [0.1, 0.15) is 0 Å². The van der Waals surface area contributed by atoms with Gasteiger partial charge in [0.25, 0.3) is 5.89 Å². The van der Waals surface area contributed by atoms with Gasteiger partial charge in [-0.2, -0.15) is 4.98 Å². The maximum atomic E-state index is 6.01. The Kier molecular flexibility index (Phi) is 3.78. The second kappa shape index (κ2) is 5.11. The van der Waals surface area contributed by atoms with Crippen molar-refractivity contribution in [3.05, 3.63) is 32.6 Å². The smallest absolute Gasteiger partial charge is 0.257 e. The first kappa shape index (κ1) is 11.8. The second-order valence-electron chi connectivity index (χ2n) is 3.18. The Morgan fingerprint density at radius 2 is 2.25 bits per heavy atom. The molecule has 0 bridgehead atoms. The van der Waals surface area contributed by atoms with Crippen LogP contribution in [0.3, 0.4) is 0 Å². The Balaban J connectivity index is 2.31. The molecule has 1 aromatic heterocycles. The van der Waals surface area contributed by atoms with Crippen LogP contribution in [0.5, 0.6) is 0 Å². The number of halogens is 2. The molecule has 0 unspecified atom stereocenters. The summed E-state index contributed by atoms with van der Waals surface area (Å²) in [4.78, 5) is 4.22. The summed E-state index contributed by atoms with van der Waals surface area (Å²) in [6, 6.07) is 5.61. The van der Waals surface area contributed by atoms with Crippen molar-refractivity contribution in [3.63, 3.8) is 0 Å². The highest BCUT2D eigenvalue weighted by Gasteiger charge is 2.09. The lowest BCUT2D eigenvalue weighted by molar-refractivity contribution is 0.422. The van der Waals surface area contributed by atoms with Crippen molar-refractivity contribution in [2.45, 2.75) is 6.42 Å². The monoisotopic (exact) mass is 349 g/mol. The third-order valence-electron chi connectivity index (χ3n) is 2.00. The summed E-state index contributed by atoms with van der Waals surface area (Å²) in [6.45, 7) is 0.506. The summed E-state index contributed by atoms with van der Waals surface area (Å²) in [6.07, 6.45) is 0.613. The minimum absolute atomic E-state index is 0.474. The molecule has 0 amide bonds. The van der Waals surface area contributed by atoms with Crippen LogP contribution in [0.15, 0.2) is 22.7 Å². The Morgan fingerprint density at radius 1 is 1.44 bits per heavy atom. The van der Waals surface area contributed by atoms with Gasteiger partial charge in [-0.15, -0.1) is 0 Å². The highest BCUT2D eigenvalue weighted by molar-refractivity contribution is 14.1. The molecule has 0 atom stereocenters. The average molecular weight is 350 g/mol. The van der Waals surface area contributed by atoms with Crippen molar-refractivity contribution < 1.29 is 4.52 Å². The highest BCUT2D eigenvalue weighted by atomic mass is 127. The van der Waals surface area contributed by atoms with Crippen LogP contribution in [0.2, 0.25) is 5.02 Å². The lowest BCUT2D eigenvalue weighted by atomic mass is 10.2. The number of hydrogen-bond acceptors (Lipinski definition) is 4. The fraction of sp³-hybridized carbons (Fsp3) is 0.200. The highest BCUT2D eigenvalue weighted by Crippen LogP contribution is 2.25. The quantitative estimate of drug-likeness (QED) is 0.865. The first-order valence-corrected chi connectivity index (χ1v) is 6.14. The molecule has 4 nitrogen and oxygen atoms in total. The summed E-state index contributed by atoms with van der Waals surface area (Å²) in [5.41, 5.74) is 6.23. The molecule has 16 heavy (non-hydrogen) atoms. The van der Waals surface area contributed by atoms with E-state index in [9.17, 15) is 0 Å². The van der Waals surface area contributed by atoms with Gasteiger partial charge in [0.05, 0.1) is 5.02 Å². The number of rotatable bonds is 3. The van der Waals surface area contributed by atoms with E-state index in [0.717, 1.165) is 9.13 Å². The van der Waals surface area contributed by atoms with Gasteiger partial charge in [0.2, 0.25) is 0 Å². The summed E-state index contributed by atoms with van der Waals surface area (Å²) in [5.74, 6) is 1.09. The molecule has 1 heterocycles. The van der Waals surface area contributed by atoms with Gasteiger partial charge in [-0.3, -0.25) is 0 Å². The Labute approximate surface area is 111 Å². The third kappa shape index (κ3) is 2.53. The van der Waals surface area contributed by atoms with Crippen LogP contribution in [0, 0.1) is 3.57 Å². The summed E-state index contributed by atoms with van der Waals surface area (Å²) in [5, 5.41) is 4.50. The van der Waals surface area contributed by atoms with Crippen molar-refractivity contribution in [2.75, 3.05) is 6.54 Å². The molecule has 0 aliphatic rings. The molecule has 0 fully saturated rings. The molecule has 84 valence electrons. The molecule has 0 saturated heterocycles. The standard InChI is InChI=1S/C10H9ClIN3O/c11-7-5-6(1-2-8(7)12)10-14-9(3-4-13)15-16-10/h1-2,5H,3-4,13H2. The maximum absolute atomic E-state index is 6.01. The lowest BCUT2D eigenvalue weighted by Crippen LogP contribution is -2.03. The van der Waals surface area contributed by atoms with Gasteiger partial charge in [-0.05, 0) is 47.3 Å². The Morgan fingerprint density at radius 3 is 2.94 bits per heavy atom. The fourth-order valence-electron chi connectivity index (χ4n) is 1.23. The lowest BCUT2D eigenvalue weighted by Gasteiger charge is -1.97. The van der Waals surface area contributed by atoms with Crippen molar-refractivity contribution in [1.29, 1.82) is 0 Å². The van der Waals surface area contributed by atoms with Crippen molar-refractivity contribution in [3.8, 4) is 11.5 Å². The predicted octanol–water partition coefficient (Wildman–Crippen LogP) is 2.50.